The van der Waals surface area contributed by atoms with Crippen molar-refractivity contribution in [1.29, 1.82) is 0 Å². The van der Waals surface area contributed by atoms with Crippen molar-refractivity contribution in [2.45, 2.75) is 24.6 Å². The van der Waals surface area contributed by atoms with Gasteiger partial charge in [-0.05, 0) is 36.8 Å². The highest BCUT2D eigenvalue weighted by Gasteiger charge is 2.31. The van der Waals surface area contributed by atoms with E-state index in [4.69, 9.17) is 9.47 Å². The summed E-state index contributed by atoms with van der Waals surface area (Å²) >= 11 is 0. The molecule has 3 rings (SSSR count). The van der Waals surface area contributed by atoms with Crippen molar-refractivity contribution in [3.05, 3.63) is 59.7 Å². The topological polar surface area (TPSA) is 59.0 Å². The van der Waals surface area contributed by atoms with E-state index in [0.717, 1.165) is 17.7 Å². The molecule has 0 radical (unpaired) electrons. The van der Waals surface area contributed by atoms with Crippen LogP contribution >= 0.6 is 0 Å². The van der Waals surface area contributed by atoms with Crippen LogP contribution in [0.5, 0.6) is 11.5 Å². The number of hydrogen-bond acceptors (Lipinski definition) is 4. The molecule has 0 aromatic heterocycles. The lowest BCUT2D eigenvalue weighted by atomic mass is 9.92. The lowest BCUT2D eigenvalue weighted by molar-refractivity contribution is -0.137. The summed E-state index contributed by atoms with van der Waals surface area (Å²) in [6.07, 6.45) is -4.84. The van der Waals surface area contributed by atoms with Gasteiger partial charge in [-0.2, -0.15) is 13.2 Å². The Labute approximate surface area is 166 Å². The SMILES string of the molecule is CN(C[C@H](O)COc1ccc(C(F)(F)F)cc1)C(=O)[C@H]1CCOc2ccccc21. The number of para-hydroxylation sites is 1. The molecule has 156 valence electrons. The summed E-state index contributed by atoms with van der Waals surface area (Å²) < 4.78 is 48.6. The summed E-state index contributed by atoms with van der Waals surface area (Å²) in [5, 5.41) is 10.2. The molecule has 0 unspecified atom stereocenters. The molecule has 0 saturated carbocycles. The van der Waals surface area contributed by atoms with E-state index in [9.17, 15) is 23.1 Å². The number of fused-ring (bicyclic) bond motifs is 1. The average molecular weight is 409 g/mol. The zero-order valence-corrected chi connectivity index (χ0v) is 15.9. The maximum atomic E-state index is 12.8. The van der Waals surface area contributed by atoms with Crippen molar-refractivity contribution < 1.29 is 32.5 Å². The number of alkyl halides is 3. The molecule has 8 heteroatoms. The minimum atomic E-state index is -4.41. The summed E-state index contributed by atoms with van der Waals surface area (Å²) in [6.45, 7) is 0.340. The van der Waals surface area contributed by atoms with Crippen molar-refractivity contribution in [3.8, 4) is 11.5 Å². The zero-order valence-electron chi connectivity index (χ0n) is 15.9. The van der Waals surface area contributed by atoms with Gasteiger partial charge >= 0.3 is 6.18 Å². The molecule has 5 nitrogen and oxygen atoms in total. The van der Waals surface area contributed by atoms with Gasteiger partial charge in [-0.3, -0.25) is 4.79 Å². The summed E-state index contributed by atoms with van der Waals surface area (Å²) in [5.74, 6) is 0.434. The number of ether oxygens (including phenoxy) is 2. The zero-order chi connectivity index (χ0) is 21.0. The van der Waals surface area contributed by atoms with Crippen LogP contribution in [0.15, 0.2) is 48.5 Å². The molecular weight excluding hydrogens is 387 g/mol. The molecule has 1 N–H and O–H groups in total. The predicted molar refractivity (Wildman–Crippen MR) is 99.9 cm³/mol. The van der Waals surface area contributed by atoms with Crippen molar-refractivity contribution in [2.75, 3.05) is 26.8 Å². The third-order valence-corrected chi connectivity index (χ3v) is 4.74. The number of rotatable bonds is 6. The Morgan fingerprint density at radius 1 is 1.24 bits per heavy atom. The van der Waals surface area contributed by atoms with Crippen LogP contribution in [-0.4, -0.2) is 48.8 Å². The molecule has 1 aliphatic rings. The summed E-state index contributed by atoms with van der Waals surface area (Å²) in [6, 6.07) is 11.6. The smallest absolute Gasteiger partial charge is 0.416 e. The highest BCUT2D eigenvalue weighted by Crippen LogP contribution is 2.34. The number of halogens is 3. The van der Waals surface area contributed by atoms with Crippen LogP contribution in [0, 0.1) is 0 Å². The van der Waals surface area contributed by atoms with Gasteiger partial charge in [0.25, 0.3) is 0 Å². The van der Waals surface area contributed by atoms with E-state index in [2.05, 4.69) is 0 Å². The minimum Gasteiger partial charge on any atom is -0.493 e. The third kappa shape index (κ3) is 5.20. The Bertz CT molecular complexity index is 839. The van der Waals surface area contributed by atoms with Gasteiger partial charge in [0.15, 0.2) is 0 Å². The first kappa shape index (κ1) is 21.0. The quantitative estimate of drug-likeness (QED) is 0.794. The standard InChI is InChI=1S/C21H22F3NO4/c1-25(20(27)18-10-11-28-19-5-3-2-4-17(18)19)12-15(26)13-29-16-8-6-14(7-9-16)21(22,23)24/h2-9,15,18,26H,10-13H2,1H3/t15-,18-/m0/s1. The maximum Gasteiger partial charge on any atom is 0.416 e. The number of amides is 1. The lowest BCUT2D eigenvalue weighted by Gasteiger charge is -2.29. The van der Waals surface area contributed by atoms with E-state index in [1.165, 1.54) is 17.0 Å². The molecule has 0 saturated heterocycles. The van der Waals surface area contributed by atoms with Crippen LogP contribution in [0.25, 0.3) is 0 Å². The summed E-state index contributed by atoms with van der Waals surface area (Å²) in [5.41, 5.74) is 0.0542. The Kier molecular flexibility index (Phi) is 6.32. The van der Waals surface area contributed by atoms with E-state index in [0.29, 0.717) is 18.8 Å². The first-order chi connectivity index (χ1) is 13.8. The second-order valence-electron chi connectivity index (χ2n) is 6.93. The van der Waals surface area contributed by atoms with Crippen molar-refractivity contribution in [2.24, 2.45) is 0 Å². The van der Waals surface area contributed by atoms with Crippen LogP contribution in [0.3, 0.4) is 0 Å². The van der Waals surface area contributed by atoms with Gasteiger partial charge in [-0.15, -0.1) is 0 Å². The van der Waals surface area contributed by atoms with Crippen LogP contribution < -0.4 is 9.47 Å². The predicted octanol–water partition coefficient (Wildman–Crippen LogP) is 3.47. The van der Waals surface area contributed by atoms with Crippen molar-refractivity contribution >= 4 is 5.91 Å². The second kappa shape index (κ2) is 8.73. The second-order valence-corrected chi connectivity index (χ2v) is 6.93. The molecule has 0 spiro atoms. The van der Waals surface area contributed by atoms with E-state index in [-0.39, 0.29) is 30.7 Å². The van der Waals surface area contributed by atoms with E-state index >= 15 is 0 Å². The van der Waals surface area contributed by atoms with Gasteiger partial charge in [0, 0.05) is 19.2 Å². The molecule has 0 bridgehead atoms. The summed E-state index contributed by atoms with van der Waals surface area (Å²) in [7, 11) is 1.60. The fourth-order valence-electron chi connectivity index (χ4n) is 3.26. The van der Waals surface area contributed by atoms with Gasteiger partial charge < -0.3 is 19.5 Å². The van der Waals surface area contributed by atoms with E-state index in [1.54, 1.807) is 7.05 Å². The first-order valence-corrected chi connectivity index (χ1v) is 9.20. The van der Waals surface area contributed by atoms with Crippen molar-refractivity contribution in [1.82, 2.24) is 4.90 Å². The van der Waals surface area contributed by atoms with Crippen LogP contribution in [0.2, 0.25) is 0 Å². The molecule has 1 heterocycles. The number of carbonyl (C=O) groups excluding carboxylic acids is 1. The van der Waals surface area contributed by atoms with Gasteiger partial charge in [0.05, 0.1) is 18.1 Å². The first-order valence-electron chi connectivity index (χ1n) is 9.20. The normalized spacial score (nSPS) is 17.1. The molecule has 0 aliphatic carbocycles. The number of likely N-dealkylation sites (N-methyl/N-ethyl adjacent to an activating group) is 1. The molecule has 2 aromatic rings. The fraction of sp³-hybridized carbons (Fsp3) is 0.381. The van der Waals surface area contributed by atoms with E-state index < -0.39 is 17.8 Å². The number of carbonyl (C=O) groups is 1. The highest BCUT2D eigenvalue weighted by atomic mass is 19.4. The van der Waals surface area contributed by atoms with Gasteiger partial charge in [0.2, 0.25) is 5.91 Å². The molecular formula is C21H22F3NO4. The molecule has 1 amide bonds. The Morgan fingerprint density at radius 2 is 1.93 bits per heavy atom. The fourth-order valence-corrected chi connectivity index (χ4v) is 3.26. The van der Waals surface area contributed by atoms with Gasteiger partial charge in [-0.25, -0.2) is 0 Å². The van der Waals surface area contributed by atoms with Crippen LogP contribution in [-0.2, 0) is 11.0 Å². The Balaban J connectivity index is 1.53. The maximum absolute atomic E-state index is 12.8. The minimum absolute atomic E-state index is 0.0407. The number of nitrogens with zero attached hydrogens (tertiary/aromatic N) is 1. The molecule has 1 aliphatic heterocycles. The molecule has 2 atom stereocenters. The molecule has 0 fully saturated rings. The largest absolute Gasteiger partial charge is 0.493 e. The number of benzene rings is 2. The summed E-state index contributed by atoms with van der Waals surface area (Å²) in [4.78, 5) is 14.3. The molecule has 29 heavy (non-hydrogen) atoms. The van der Waals surface area contributed by atoms with E-state index in [1.807, 2.05) is 24.3 Å². The van der Waals surface area contributed by atoms with Gasteiger partial charge in [0.1, 0.15) is 24.2 Å². The number of aliphatic hydroxyl groups excluding tert-OH is 1. The Hall–Kier alpha value is -2.74. The number of aliphatic hydroxyl groups is 1. The van der Waals surface area contributed by atoms with Crippen molar-refractivity contribution in [3.63, 3.8) is 0 Å². The monoisotopic (exact) mass is 409 g/mol. The average Bonchev–Trinajstić information content (AvgIpc) is 2.71. The van der Waals surface area contributed by atoms with Crippen LogP contribution in [0.4, 0.5) is 13.2 Å². The molecule has 2 aromatic carbocycles. The Morgan fingerprint density at radius 3 is 2.62 bits per heavy atom. The number of hydrogen-bond donors (Lipinski definition) is 1. The highest BCUT2D eigenvalue weighted by molar-refractivity contribution is 5.84. The van der Waals surface area contributed by atoms with Gasteiger partial charge in [-0.1, -0.05) is 18.2 Å². The third-order valence-electron chi connectivity index (χ3n) is 4.74. The van der Waals surface area contributed by atoms with Crippen LogP contribution in [0.1, 0.15) is 23.5 Å². The lowest BCUT2D eigenvalue weighted by Crippen LogP contribution is -2.40.